The molecule has 0 aliphatic rings. The number of carbonyl (C=O) groups is 1. The number of nitrogens with zero attached hydrogens (tertiary/aromatic N) is 2. The van der Waals surface area contributed by atoms with Gasteiger partial charge >= 0.3 is 5.97 Å². The Balaban J connectivity index is 1.99. The van der Waals surface area contributed by atoms with Gasteiger partial charge in [0.1, 0.15) is 0 Å². The van der Waals surface area contributed by atoms with Crippen LogP contribution in [0.25, 0.3) is 5.69 Å². The van der Waals surface area contributed by atoms with Crippen molar-refractivity contribution < 1.29 is 9.90 Å². The summed E-state index contributed by atoms with van der Waals surface area (Å²) >= 11 is 11.9. The fourth-order valence-electron chi connectivity index (χ4n) is 2.80. The lowest BCUT2D eigenvalue weighted by Crippen LogP contribution is -2.03. The Kier molecular flexibility index (Phi) is 5.16. The number of rotatable bonds is 4. The normalized spacial score (nSPS) is 11.2. The lowest BCUT2D eigenvalue weighted by atomic mass is 10.2. The Hall–Kier alpha value is -2.56. The van der Waals surface area contributed by atoms with Crippen LogP contribution in [-0.4, -0.2) is 21.9 Å². The van der Waals surface area contributed by atoms with Crippen molar-refractivity contribution in [3.05, 3.63) is 81.1 Å². The summed E-state index contributed by atoms with van der Waals surface area (Å²) in [5.41, 5.74) is 4.50. The summed E-state index contributed by atoms with van der Waals surface area (Å²) in [4.78, 5) is 15.8. The van der Waals surface area contributed by atoms with Crippen LogP contribution in [0.4, 0.5) is 5.69 Å². The number of aryl methyl sites for hydroxylation is 1. The SMILES string of the molecule is Cc1cc(C=Nc2ccc(Cl)cc2)c(C)n1-c1ccc(Cl)c(C(=O)O)c1. The molecule has 0 bridgehead atoms. The van der Waals surface area contributed by atoms with Crippen molar-refractivity contribution >= 4 is 41.1 Å². The molecule has 1 heterocycles. The topological polar surface area (TPSA) is 54.6 Å². The van der Waals surface area contributed by atoms with Crippen molar-refractivity contribution in [3.8, 4) is 5.69 Å². The third kappa shape index (κ3) is 3.66. The molecule has 132 valence electrons. The van der Waals surface area contributed by atoms with Gasteiger partial charge in [0.15, 0.2) is 0 Å². The van der Waals surface area contributed by atoms with Gasteiger partial charge in [-0.1, -0.05) is 23.2 Å². The third-order valence-corrected chi connectivity index (χ3v) is 4.67. The minimum absolute atomic E-state index is 0.0769. The van der Waals surface area contributed by atoms with Crippen LogP contribution < -0.4 is 0 Å². The first-order chi connectivity index (χ1) is 12.4. The molecule has 6 heteroatoms. The molecular weight excluding hydrogens is 371 g/mol. The lowest BCUT2D eigenvalue weighted by Gasteiger charge is -2.11. The van der Waals surface area contributed by atoms with Crippen molar-refractivity contribution in [2.24, 2.45) is 4.99 Å². The van der Waals surface area contributed by atoms with Crippen LogP contribution in [-0.2, 0) is 0 Å². The van der Waals surface area contributed by atoms with Crippen LogP contribution in [0.3, 0.4) is 0 Å². The van der Waals surface area contributed by atoms with Crippen LogP contribution in [0.2, 0.25) is 10.0 Å². The number of aromatic nitrogens is 1. The monoisotopic (exact) mass is 386 g/mol. The summed E-state index contributed by atoms with van der Waals surface area (Å²) in [6.07, 6.45) is 1.79. The van der Waals surface area contributed by atoms with E-state index in [2.05, 4.69) is 4.99 Å². The fraction of sp³-hybridized carbons (Fsp3) is 0.100. The average Bonchev–Trinajstić information content (AvgIpc) is 2.89. The number of aliphatic imine (C=N–C) groups is 1. The van der Waals surface area contributed by atoms with Crippen LogP contribution in [0.1, 0.15) is 27.3 Å². The first-order valence-corrected chi connectivity index (χ1v) is 8.64. The highest BCUT2D eigenvalue weighted by Crippen LogP contribution is 2.25. The van der Waals surface area contributed by atoms with Crippen molar-refractivity contribution in [2.75, 3.05) is 0 Å². The van der Waals surface area contributed by atoms with Gasteiger partial charge in [-0.05, 0) is 62.4 Å². The molecule has 4 nitrogen and oxygen atoms in total. The summed E-state index contributed by atoms with van der Waals surface area (Å²) in [5, 5.41) is 10.2. The molecule has 0 atom stereocenters. The van der Waals surface area contributed by atoms with Crippen LogP contribution in [0.15, 0.2) is 53.5 Å². The summed E-state index contributed by atoms with van der Waals surface area (Å²) < 4.78 is 1.98. The van der Waals surface area contributed by atoms with Gasteiger partial charge in [-0.3, -0.25) is 4.99 Å². The predicted molar refractivity (Wildman–Crippen MR) is 106 cm³/mol. The van der Waals surface area contributed by atoms with Crippen molar-refractivity contribution in [3.63, 3.8) is 0 Å². The molecule has 0 saturated carbocycles. The van der Waals surface area contributed by atoms with E-state index < -0.39 is 5.97 Å². The van der Waals surface area contributed by atoms with Crippen LogP contribution in [0, 0.1) is 13.8 Å². The van der Waals surface area contributed by atoms with Gasteiger partial charge in [0.2, 0.25) is 0 Å². The van der Waals surface area contributed by atoms with Gasteiger partial charge in [-0.25, -0.2) is 4.79 Å². The van der Waals surface area contributed by atoms with E-state index in [4.69, 9.17) is 23.2 Å². The van der Waals surface area contributed by atoms with Gasteiger partial charge in [-0.15, -0.1) is 0 Å². The zero-order chi connectivity index (χ0) is 18.8. The number of halogens is 2. The second-order valence-electron chi connectivity index (χ2n) is 5.87. The standard InChI is InChI=1S/C20H16Cl2N2O2/c1-12-9-14(11-23-16-5-3-15(21)4-6-16)13(2)24(12)17-7-8-19(22)18(10-17)20(25)26/h3-11H,1-2H3,(H,25,26). The van der Waals surface area contributed by atoms with E-state index >= 15 is 0 Å². The number of carboxylic acids is 1. The molecule has 1 aromatic heterocycles. The lowest BCUT2D eigenvalue weighted by molar-refractivity contribution is 0.0697. The molecule has 26 heavy (non-hydrogen) atoms. The number of carboxylic acid groups (broad SMARTS) is 1. The van der Waals surface area contributed by atoms with Gasteiger partial charge in [0.25, 0.3) is 0 Å². The quantitative estimate of drug-likeness (QED) is 0.571. The highest BCUT2D eigenvalue weighted by Gasteiger charge is 2.14. The van der Waals surface area contributed by atoms with Gasteiger partial charge in [0, 0.05) is 33.9 Å². The Morgan fingerprint density at radius 1 is 1.08 bits per heavy atom. The predicted octanol–water partition coefficient (Wildman–Crippen LogP) is 5.85. The van der Waals surface area contributed by atoms with Gasteiger partial charge < -0.3 is 9.67 Å². The van der Waals surface area contributed by atoms with Crippen LogP contribution >= 0.6 is 23.2 Å². The van der Waals surface area contributed by atoms with E-state index in [1.807, 2.05) is 36.6 Å². The third-order valence-electron chi connectivity index (χ3n) is 4.09. The molecular formula is C20H16Cl2N2O2. The molecule has 0 amide bonds. The number of hydrogen-bond acceptors (Lipinski definition) is 2. The maximum absolute atomic E-state index is 11.3. The van der Waals surface area contributed by atoms with Crippen LogP contribution in [0.5, 0.6) is 0 Å². The first kappa shape index (κ1) is 18.2. The minimum Gasteiger partial charge on any atom is -0.478 e. The Labute approximate surface area is 161 Å². The second kappa shape index (κ2) is 7.36. The molecule has 0 spiro atoms. The Morgan fingerprint density at radius 3 is 2.42 bits per heavy atom. The van der Waals surface area contributed by atoms with E-state index in [9.17, 15) is 9.90 Å². The maximum Gasteiger partial charge on any atom is 0.337 e. The molecule has 2 aromatic carbocycles. The van der Waals surface area contributed by atoms with Crippen molar-refractivity contribution in [1.82, 2.24) is 4.57 Å². The second-order valence-corrected chi connectivity index (χ2v) is 6.71. The molecule has 0 aliphatic heterocycles. The molecule has 0 fully saturated rings. The zero-order valence-corrected chi connectivity index (χ0v) is 15.7. The minimum atomic E-state index is -1.05. The molecule has 0 unspecified atom stereocenters. The average molecular weight is 387 g/mol. The zero-order valence-electron chi connectivity index (χ0n) is 14.2. The van der Waals surface area contributed by atoms with E-state index in [0.717, 1.165) is 28.3 Å². The maximum atomic E-state index is 11.3. The summed E-state index contributed by atoms with van der Waals surface area (Å²) in [6, 6.07) is 14.2. The van der Waals surface area contributed by atoms with E-state index in [-0.39, 0.29) is 10.6 Å². The Bertz CT molecular complexity index is 1010. The first-order valence-electron chi connectivity index (χ1n) is 7.88. The molecule has 0 radical (unpaired) electrons. The molecule has 1 N–H and O–H groups in total. The number of hydrogen-bond donors (Lipinski definition) is 1. The smallest absolute Gasteiger partial charge is 0.337 e. The largest absolute Gasteiger partial charge is 0.478 e. The number of aromatic carboxylic acids is 1. The summed E-state index contributed by atoms with van der Waals surface area (Å²) in [5.74, 6) is -1.05. The van der Waals surface area contributed by atoms with E-state index in [0.29, 0.717) is 5.02 Å². The summed E-state index contributed by atoms with van der Waals surface area (Å²) in [7, 11) is 0. The highest BCUT2D eigenvalue weighted by atomic mass is 35.5. The fourth-order valence-corrected chi connectivity index (χ4v) is 3.13. The van der Waals surface area contributed by atoms with Crippen molar-refractivity contribution in [2.45, 2.75) is 13.8 Å². The molecule has 3 aromatic rings. The molecule has 0 aliphatic carbocycles. The van der Waals surface area contributed by atoms with E-state index in [1.165, 1.54) is 0 Å². The van der Waals surface area contributed by atoms with Gasteiger partial charge in [-0.2, -0.15) is 0 Å². The van der Waals surface area contributed by atoms with Crippen molar-refractivity contribution in [1.29, 1.82) is 0 Å². The van der Waals surface area contributed by atoms with Gasteiger partial charge in [0.05, 0.1) is 16.3 Å². The highest BCUT2D eigenvalue weighted by molar-refractivity contribution is 6.33. The Morgan fingerprint density at radius 2 is 1.77 bits per heavy atom. The molecule has 3 rings (SSSR count). The van der Waals surface area contributed by atoms with E-state index in [1.54, 1.807) is 36.5 Å². The number of benzene rings is 2. The molecule has 0 saturated heterocycles. The summed E-state index contributed by atoms with van der Waals surface area (Å²) in [6.45, 7) is 3.92.